The molecule has 1 amide bonds. The number of rotatable bonds is 7. The van der Waals surface area contributed by atoms with Crippen LogP contribution in [0, 0.1) is 0 Å². The zero-order valence-electron chi connectivity index (χ0n) is 12.3. The summed E-state index contributed by atoms with van der Waals surface area (Å²) in [7, 11) is 1.60. The Morgan fingerprint density at radius 2 is 2.21 bits per heavy atom. The third-order valence-corrected chi connectivity index (χ3v) is 3.58. The highest BCUT2D eigenvalue weighted by Gasteiger charge is 2.22. The molecule has 0 bridgehead atoms. The van der Waals surface area contributed by atoms with Crippen LogP contribution in [0.2, 0.25) is 0 Å². The molecule has 0 radical (unpaired) electrons. The molecule has 1 rings (SSSR count). The maximum Gasteiger partial charge on any atom is 0.225 e. The second kappa shape index (κ2) is 9.28. The molecule has 1 saturated heterocycles. The van der Waals surface area contributed by atoms with Gasteiger partial charge in [-0.25, -0.2) is 0 Å². The van der Waals surface area contributed by atoms with E-state index in [1.165, 1.54) is 0 Å². The minimum Gasteiger partial charge on any atom is -0.380 e. The molecule has 1 aliphatic heterocycles. The van der Waals surface area contributed by atoms with E-state index in [0.717, 1.165) is 45.4 Å². The molecule has 112 valence electrons. The number of amides is 1. The fraction of sp³-hybridized carbons (Fsp3) is 0.929. The normalized spacial score (nSPS) is 22.1. The van der Waals surface area contributed by atoms with Gasteiger partial charge in [-0.15, -0.1) is 0 Å². The van der Waals surface area contributed by atoms with E-state index in [4.69, 9.17) is 15.2 Å². The van der Waals surface area contributed by atoms with Gasteiger partial charge in [0.1, 0.15) is 0 Å². The standard InChI is InChI=1S/C14H28N2O3/c1-3-9-19-12-5-4-7-16(8-6-12)14(17)10-13(11-15)18-2/h12-13H,3-11,15H2,1-2H3. The Morgan fingerprint density at radius 3 is 2.84 bits per heavy atom. The Morgan fingerprint density at radius 1 is 1.42 bits per heavy atom. The Balaban J connectivity index is 2.36. The van der Waals surface area contributed by atoms with Crippen molar-refractivity contribution in [2.24, 2.45) is 5.73 Å². The fourth-order valence-electron chi connectivity index (χ4n) is 2.35. The summed E-state index contributed by atoms with van der Waals surface area (Å²) < 4.78 is 11.0. The molecule has 5 nitrogen and oxygen atoms in total. The summed E-state index contributed by atoms with van der Waals surface area (Å²) in [5.41, 5.74) is 5.55. The van der Waals surface area contributed by atoms with Gasteiger partial charge in [0.2, 0.25) is 5.91 Å². The lowest BCUT2D eigenvalue weighted by Gasteiger charge is -2.23. The van der Waals surface area contributed by atoms with E-state index < -0.39 is 0 Å². The van der Waals surface area contributed by atoms with E-state index in [2.05, 4.69) is 6.92 Å². The van der Waals surface area contributed by atoms with Crippen LogP contribution in [-0.4, -0.2) is 56.4 Å². The predicted octanol–water partition coefficient (Wildman–Crippen LogP) is 1.16. The van der Waals surface area contributed by atoms with Gasteiger partial charge < -0.3 is 20.1 Å². The lowest BCUT2D eigenvalue weighted by Crippen LogP contribution is -2.36. The van der Waals surface area contributed by atoms with Crippen molar-refractivity contribution in [3.05, 3.63) is 0 Å². The van der Waals surface area contributed by atoms with Crippen LogP contribution < -0.4 is 5.73 Å². The maximum atomic E-state index is 12.1. The zero-order valence-corrected chi connectivity index (χ0v) is 12.3. The Bertz CT molecular complexity index is 257. The number of carbonyl (C=O) groups excluding carboxylic acids is 1. The summed E-state index contributed by atoms with van der Waals surface area (Å²) in [5.74, 6) is 0.147. The van der Waals surface area contributed by atoms with Crippen LogP contribution in [0.15, 0.2) is 0 Å². The average Bonchev–Trinajstić information content (AvgIpc) is 2.67. The minimum absolute atomic E-state index is 0.147. The van der Waals surface area contributed by atoms with Crippen molar-refractivity contribution >= 4 is 5.91 Å². The van der Waals surface area contributed by atoms with Crippen molar-refractivity contribution in [1.82, 2.24) is 4.90 Å². The van der Waals surface area contributed by atoms with Crippen molar-refractivity contribution in [1.29, 1.82) is 0 Å². The molecule has 5 heteroatoms. The van der Waals surface area contributed by atoms with E-state index in [1.807, 2.05) is 4.90 Å². The second-order valence-corrected chi connectivity index (χ2v) is 5.10. The van der Waals surface area contributed by atoms with E-state index in [0.29, 0.717) is 19.1 Å². The summed E-state index contributed by atoms with van der Waals surface area (Å²) in [6.07, 6.45) is 4.58. The molecule has 2 atom stereocenters. The number of hydrogen-bond donors (Lipinski definition) is 1. The van der Waals surface area contributed by atoms with Crippen molar-refractivity contribution in [2.75, 3.05) is 33.4 Å². The van der Waals surface area contributed by atoms with Crippen LogP contribution in [0.4, 0.5) is 0 Å². The Hall–Kier alpha value is -0.650. The highest BCUT2D eigenvalue weighted by molar-refractivity contribution is 5.76. The molecule has 0 saturated carbocycles. The number of hydrogen-bond acceptors (Lipinski definition) is 4. The number of likely N-dealkylation sites (tertiary alicyclic amines) is 1. The van der Waals surface area contributed by atoms with Gasteiger partial charge in [-0.3, -0.25) is 4.79 Å². The van der Waals surface area contributed by atoms with Gasteiger partial charge in [0, 0.05) is 33.4 Å². The highest BCUT2D eigenvalue weighted by atomic mass is 16.5. The first-order valence-electron chi connectivity index (χ1n) is 7.33. The molecule has 2 N–H and O–H groups in total. The average molecular weight is 272 g/mol. The van der Waals surface area contributed by atoms with Crippen molar-refractivity contribution in [3.8, 4) is 0 Å². The van der Waals surface area contributed by atoms with E-state index in [-0.39, 0.29) is 12.0 Å². The lowest BCUT2D eigenvalue weighted by atomic mass is 10.1. The number of nitrogens with zero attached hydrogens (tertiary/aromatic N) is 1. The minimum atomic E-state index is -0.164. The number of nitrogens with two attached hydrogens (primary N) is 1. The molecule has 0 aromatic heterocycles. The molecular weight excluding hydrogens is 244 g/mol. The monoisotopic (exact) mass is 272 g/mol. The zero-order chi connectivity index (χ0) is 14.1. The first kappa shape index (κ1) is 16.4. The van der Waals surface area contributed by atoms with Crippen LogP contribution >= 0.6 is 0 Å². The maximum absolute atomic E-state index is 12.1. The fourth-order valence-corrected chi connectivity index (χ4v) is 2.35. The van der Waals surface area contributed by atoms with Gasteiger partial charge in [0.25, 0.3) is 0 Å². The van der Waals surface area contributed by atoms with Crippen LogP contribution in [-0.2, 0) is 14.3 Å². The molecule has 1 heterocycles. The summed E-state index contributed by atoms with van der Waals surface area (Å²) in [4.78, 5) is 14.1. The van der Waals surface area contributed by atoms with Gasteiger partial charge in [0.05, 0.1) is 18.6 Å². The molecule has 1 fully saturated rings. The summed E-state index contributed by atoms with van der Waals surface area (Å²) in [5, 5.41) is 0. The van der Waals surface area contributed by atoms with Crippen LogP contribution in [0.1, 0.15) is 39.0 Å². The van der Waals surface area contributed by atoms with Gasteiger partial charge in [0.15, 0.2) is 0 Å². The molecule has 1 aliphatic rings. The Kier molecular flexibility index (Phi) is 8.02. The van der Waals surface area contributed by atoms with Gasteiger partial charge in [-0.1, -0.05) is 6.92 Å². The summed E-state index contributed by atoms with van der Waals surface area (Å²) in [6, 6.07) is 0. The Labute approximate surface area is 116 Å². The number of ether oxygens (including phenoxy) is 2. The number of carbonyl (C=O) groups is 1. The molecular formula is C14H28N2O3. The number of methoxy groups -OCH3 is 1. The lowest BCUT2D eigenvalue weighted by molar-refractivity contribution is -0.133. The third-order valence-electron chi connectivity index (χ3n) is 3.58. The van der Waals surface area contributed by atoms with Crippen molar-refractivity contribution in [3.63, 3.8) is 0 Å². The van der Waals surface area contributed by atoms with Crippen LogP contribution in [0.3, 0.4) is 0 Å². The molecule has 0 aliphatic carbocycles. The van der Waals surface area contributed by atoms with E-state index in [1.54, 1.807) is 7.11 Å². The third kappa shape index (κ3) is 5.89. The van der Waals surface area contributed by atoms with Crippen LogP contribution in [0.25, 0.3) is 0 Å². The van der Waals surface area contributed by atoms with Gasteiger partial charge in [-0.05, 0) is 25.7 Å². The van der Waals surface area contributed by atoms with E-state index >= 15 is 0 Å². The molecule has 19 heavy (non-hydrogen) atoms. The smallest absolute Gasteiger partial charge is 0.225 e. The molecule has 2 unspecified atom stereocenters. The molecule has 0 aromatic carbocycles. The van der Waals surface area contributed by atoms with Gasteiger partial charge in [-0.2, -0.15) is 0 Å². The molecule has 0 spiro atoms. The highest BCUT2D eigenvalue weighted by Crippen LogP contribution is 2.15. The first-order valence-corrected chi connectivity index (χ1v) is 7.33. The van der Waals surface area contributed by atoms with Crippen LogP contribution in [0.5, 0.6) is 0 Å². The van der Waals surface area contributed by atoms with Crippen molar-refractivity contribution < 1.29 is 14.3 Å². The summed E-state index contributed by atoms with van der Waals surface area (Å²) in [6.45, 7) is 4.93. The van der Waals surface area contributed by atoms with Crippen molar-refractivity contribution in [2.45, 2.75) is 51.2 Å². The first-order chi connectivity index (χ1) is 9.21. The van der Waals surface area contributed by atoms with E-state index in [9.17, 15) is 4.79 Å². The SMILES string of the molecule is CCCOC1CCCN(C(=O)CC(CN)OC)CC1. The topological polar surface area (TPSA) is 64.8 Å². The van der Waals surface area contributed by atoms with Gasteiger partial charge >= 0.3 is 0 Å². The largest absolute Gasteiger partial charge is 0.380 e. The quantitative estimate of drug-likeness (QED) is 0.755. The molecule has 0 aromatic rings. The predicted molar refractivity (Wildman–Crippen MR) is 74.9 cm³/mol. The summed E-state index contributed by atoms with van der Waals surface area (Å²) >= 11 is 0. The second-order valence-electron chi connectivity index (χ2n) is 5.10.